The number of aromatic nitrogens is 2. The predicted molar refractivity (Wildman–Crippen MR) is 71.2 cm³/mol. The monoisotopic (exact) mass is 235 g/mol. The third-order valence-electron chi connectivity index (χ3n) is 3.63. The van der Waals surface area contributed by atoms with E-state index in [1.54, 1.807) is 0 Å². The molecular weight excluding hydrogens is 210 g/mol. The van der Waals surface area contributed by atoms with E-state index in [-0.39, 0.29) is 0 Å². The van der Waals surface area contributed by atoms with Crippen molar-refractivity contribution in [3.05, 3.63) is 17.5 Å². The second-order valence-electron chi connectivity index (χ2n) is 5.57. The second kappa shape index (κ2) is 5.21. The van der Waals surface area contributed by atoms with Gasteiger partial charge in [-0.2, -0.15) is 5.10 Å². The predicted octanol–water partition coefficient (Wildman–Crippen LogP) is 3.23. The Morgan fingerprint density at radius 3 is 2.65 bits per heavy atom. The highest BCUT2D eigenvalue weighted by Gasteiger charge is 2.22. The molecule has 0 spiro atoms. The van der Waals surface area contributed by atoms with Gasteiger partial charge in [-0.1, -0.05) is 20.8 Å². The Hall–Kier alpha value is -0.830. The van der Waals surface area contributed by atoms with Crippen LogP contribution in [0.3, 0.4) is 0 Å². The van der Waals surface area contributed by atoms with Crippen molar-refractivity contribution in [3.8, 4) is 0 Å². The van der Waals surface area contributed by atoms with Gasteiger partial charge in [-0.3, -0.25) is 4.68 Å². The van der Waals surface area contributed by atoms with Gasteiger partial charge in [-0.15, -0.1) is 0 Å². The van der Waals surface area contributed by atoms with E-state index in [0.29, 0.717) is 12.0 Å². The first kappa shape index (κ1) is 12.6. The van der Waals surface area contributed by atoms with Gasteiger partial charge in [0.05, 0.1) is 6.20 Å². The lowest BCUT2D eigenvalue weighted by Crippen LogP contribution is -2.18. The summed E-state index contributed by atoms with van der Waals surface area (Å²) < 4.78 is 2.22. The van der Waals surface area contributed by atoms with Crippen LogP contribution < -0.4 is 5.32 Å². The zero-order valence-corrected chi connectivity index (χ0v) is 11.5. The van der Waals surface area contributed by atoms with E-state index in [1.807, 2.05) is 0 Å². The molecule has 1 fully saturated rings. The molecule has 0 saturated heterocycles. The lowest BCUT2D eigenvalue weighted by Gasteiger charge is -2.17. The maximum atomic E-state index is 4.58. The van der Waals surface area contributed by atoms with Gasteiger partial charge >= 0.3 is 0 Å². The first-order chi connectivity index (χ1) is 8.13. The first-order valence-corrected chi connectivity index (χ1v) is 6.93. The van der Waals surface area contributed by atoms with E-state index in [2.05, 4.69) is 49.0 Å². The maximum Gasteiger partial charge on any atom is 0.0537 e. The fraction of sp³-hybridized carbons (Fsp3) is 0.786. The minimum absolute atomic E-state index is 0.502. The molecule has 3 nitrogen and oxygen atoms in total. The third-order valence-corrected chi connectivity index (χ3v) is 3.63. The Bertz CT molecular complexity index is 364. The molecule has 1 unspecified atom stereocenters. The highest BCUT2D eigenvalue weighted by atomic mass is 15.3. The Balaban J connectivity index is 2.15. The molecule has 1 aromatic rings. The van der Waals surface area contributed by atoms with Crippen LogP contribution in [-0.2, 0) is 6.54 Å². The van der Waals surface area contributed by atoms with Gasteiger partial charge in [0.25, 0.3) is 0 Å². The molecule has 1 heterocycles. The lowest BCUT2D eigenvalue weighted by atomic mass is 10.0. The second-order valence-corrected chi connectivity index (χ2v) is 5.57. The molecule has 0 aliphatic heterocycles. The molecule has 1 atom stereocenters. The summed E-state index contributed by atoms with van der Waals surface area (Å²) in [6, 6.07) is 1.27. The van der Waals surface area contributed by atoms with Crippen LogP contribution in [0.2, 0.25) is 0 Å². The Kier molecular flexibility index (Phi) is 3.87. The lowest BCUT2D eigenvalue weighted by molar-refractivity contribution is 0.450. The summed E-state index contributed by atoms with van der Waals surface area (Å²) in [5.41, 5.74) is 2.79. The van der Waals surface area contributed by atoms with Crippen LogP contribution in [0, 0.1) is 0 Å². The van der Waals surface area contributed by atoms with Crippen LogP contribution in [0.15, 0.2) is 6.20 Å². The molecule has 0 radical (unpaired) electrons. The summed E-state index contributed by atoms with van der Waals surface area (Å²) in [7, 11) is 0. The fourth-order valence-corrected chi connectivity index (χ4v) is 2.24. The summed E-state index contributed by atoms with van der Waals surface area (Å²) >= 11 is 0. The van der Waals surface area contributed by atoms with Gasteiger partial charge in [-0.25, -0.2) is 0 Å². The van der Waals surface area contributed by atoms with Crippen LogP contribution in [0.25, 0.3) is 0 Å². The minimum atomic E-state index is 0.502. The van der Waals surface area contributed by atoms with Gasteiger partial charge in [0.1, 0.15) is 0 Å². The van der Waals surface area contributed by atoms with E-state index >= 15 is 0 Å². The Labute approximate surface area is 105 Å². The molecule has 1 aromatic heterocycles. The third kappa shape index (κ3) is 2.89. The summed E-state index contributed by atoms with van der Waals surface area (Å²) in [5.74, 6) is 0.544. The molecule has 1 aliphatic rings. The summed E-state index contributed by atoms with van der Waals surface area (Å²) in [6.45, 7) is 9.97. The van der Waals surface area contributed by atoms with Gasteiger partial charge in [0.2, 0.25) is 0 Å². The zero-order chi connectivity index (χ0) is 12.4. The smallest absolute Gasteiger partial charge is 0.0537 e. The normalized spacial score (nSPS) is 17.7. The van der Waals surface area contributed by atoms with Crippen molar-refractivity contribution >= 4 is 0 Å². The number of hydrogen-bond donors (Lipinski definition) is 1. The number of rotatable bonds is 6. The van der Waals surface area contributed by atoms with E-state index in [1.165, 1.54) is 24.1 Å². The molecule has 1 saturated carbocycles. The maximum absolute atomic E-state index is 4.58. The molecule has 3 heteroatoms. The van der Waals surface area contributed by atoms with Crippen LogP contribution >= 0.6 is 0 Å². The van der Waals surface area contributed by atoms with E-state index in [4.69, 9.17) is 0 Å². The van der Waals surface area contributed by atoms with Crippen molar-refractivity contribution in [2.75, 3.05) is 0 Å². The molecule has 0 bridgehead atoms. The largest absolute Gasteiger partial charge is 0.310 e. The molecule has 1 aliphatic carbocycles. The van der Waals surface area contributed by atoms with Crippen molar-refractivity contribution in [2.45, 2.75) is 71.5 Å². The van der Waals surface area contributed by atoms with Crippen molar-refractivity contribution < 1.29 is 0 Å². The molecule has 1 N–H and O–H groups in total. The summed E-state index contributed by atoms with van der Waals surface area (Å²) in [4.78, 5) is 0. The van der Waals surface area contributed by atoms with E-state index in [0.717, 1.165) is 19.0 Å². The SMILES string of the molecule is CCC(C)n1ncc(CNC2CC2)c1C(C)C. The minimum Gasteiger partial charge on any atom is -0.310 e. The molecular formula is C14H25N3. The molecule has 96 valence electrons. The summed E-state index contributed by atoms with van der Waals surface area (Å²) in [6.07, 6.45) is 5.88. The van der Waals surface area contributed by atoms with Gasteiger partial charge in [0, 0.05) is 29.9 Å². The van der Waals surface area contributed by atoms with Crippen molar-refractivity contribution in [2.24, 2.45) is 0 Å². The highest BCUT2D eigenvalue weighted by Crippen LogP contribution is 2.25. The number of hydrogen-bond acceptors (Lipinski definition) is 2. The average molecular weight is 235 g/mol. The van der Waals surface area contributed by atoms with Crippen molar-refractivity contribution in [1.82, 2.24) is 15.1 Å². The van der Waals surface area contributed by atoms with Crippen molar-refractivity contribution in [1.29, 1.82) is 0 Å². The van der Waals surface area contributed by atoms with Crippen LogP contribution in [0.1, 0.15) is 70.2 Å². The van der Waals surface area contributed by atoms with Crippen LogP contribution in [0.4, 0.5) is 0 Å². The van der Waals surface area contributed by atoms with Gasteiger partial charge in [-0.05, 0) is 32.1 Å². The van der Waals surface area contributed by atoms with Crippen molar-refractivity contribution in [3.63, 3.8) is 0 Å². The standard InChI is InChI=1S/C14H25N3/c1-5-11(4)17-14(10(2)3)12(9-16-17)8-15-13-6-7-13/h9-11,13,15H,5-8H2,1-4H3. The van der Waals surface area contributed by atoms with E-state index in [9.17, 15) is 0 Å². The van der Waals surface area contributed by atoms with Gasteiger partial charge in [0.15, 0.2) is 0 Å². The molecule has 17 heavy (non-hydrogen) atoms. The molecule has 0 amide bonds. The fourth-order valence-electron chi connectivity index (χ4n) is 2.24. The topological polar surface area (TPSA) is 29.9 Å². The van der Waals surface area contributed by atoms with Gasteiger partial charge < -0.3 is 5.32 Å². The quantitative estimate of drug-likeness (QED) is 0.820. The average Bonchev–Trinajstić information content (AvgIpc) is 3.03. The number of nitrogens with one attached hydrogen (secondary N) is 1. The van der Waals surface area contributed by atoms with Crippen LogP contribution in [-0.4, -0.2) is 15.8 Å². The molecule has 2 rings (SSSR count). The molecule has 0 aromatic carbocycles. The summed E-state index contributed by atoms with van der Waals surface area (Å²) in [5, 5.41) is 8.17. The zero-order valence-electron chi connectivity index (χ0n) is 11.5. The first-order valence-electron chi connectivity index (χ1n) is 6.93. The highest BCUT2D eigenvalue weighted by molar-refractivity contribution is 5.21. The Morgan fingerprint density at radius 2 is 2.12 bits per heavy atom. The van der Waals surface area contributed by atoms with Crippen LogP contribution in [0.5, 0.6) is 0 Å². The Morgan fingerprint density at radius 1 is 1.41 bits per heavy atom. The van der Waals surface area contributed by atoms with E-state index < -0.39 is 0 Å². The number of nitrogens with zero attached hydrogens (tertiary/aromatic N) is 2.